The number of aromatic amines is 2. The third-order valence-corrected chi connectivity index (χ3v) is 7.05. The van der Waals surface area contributed by atoms with Gasteiger partial charge >= 0.3 is 0 Å². The monoisotopic (exact) mass is 401 g/mol. The summed E-state index contributed by atoms with van der Waals surface area (Å²) in [7, 11) is 0. The molecule has 2 aliphatic rings. The number of aryl methyl sites for hydroxylation is 1. The number of nitrogens with one attached hydrogen (secondary N) is 2. The summed E-state index contributed by atoms with van der Waals surface area (Å²) in [5.41, 5.74) is 6.85. The first-order valence-electron chi connectivity index (χ1n) is 10.5. The Balaban J connectivity index is 1.32. The molecule has 6 rings (SSSR count). The SMILES string of the molecule is Clc1ccc2c(C3CC=CCN3CC3CCc4cc5cc[nH]c5cc43)c[nH]c2c1. The number of halogens is 1. The lowest BCUT2D eigenvalue weighted by molar-refractivity contribution is 0.198. The van der Waals surface area contributed by atoms with E-state index in [0.29, 0.717) is 12.0 Å². The maximum absolute atomic E-state index is 6.19. The van der Waals surface area contributed by atoms with Crippen LogP contribution in [0.3, 0.4) is 0 Å². The van der Waals surface area contributed by atoms with Crippen LogP contribution in [0.15, 0.2) is 60.9 Å². The van der Waals surface area contributed by atoms with Gasteiger partial charge in [-0.25, -0.2) is 0 Å². The normalized spacial score (nSPS) is 22.0. The summed E-state index contributed by atoms with van der Waals surface area (Å²) in [4.78, 5) is 9.49. The standard InChI is InChI=1S/C25H24ClN3/c26-19-6-7-20-22(14-28-24(20)12-19)25-3-1-2-10-29(25)15-18-5-4-16-11-17-8-9-27-23(17)13-21(16)18/h1-2,6-9,11-14,18,25,27-28H,3-5,10,15H2. The molecule has 4 heteroatoms. The minimum Gasteiger partial charge on any atom is -0.361 e. The Hall–Kier alpha value is -2.49. The summed E-state index contributed by atoms with van der Waals surface area (Å²) < 4.78 is 0. The molecule has 2 aromatic carbocycles. The minimum absolute atomic E-state index is 0.410. The van der Waals surface area contributed by atoms with E-state index in [2.05, 4.69) is 57.5 Å². The van der Waals surface area contributed by atoms with Gasteiger partial charge in [0.25, 0.3) is 0 Å². The van der Waals surface area contributed by atoms with Crippen molar-refractivity contribution in [2.45, 2.75) is 31.2 Å². The summed E-state index contributed by atoms with van der Waals surface area (Å²) in [6.45, 7) is 2.12. The van der Waals surface area contributed by atoms with E-state index in [-0.39, 0.29) is 0 Å². The highest BCUT2D eigenvalue weighted by molar-refractivity contribution is 6.31. The van der Waals surface area contributed by atoms with E-state index in [1.54, 1.807) is 5.56 Å². The maximum atomic E-state index is 6.19. The van der Waals surface area contributed by atoms with Crippen molar-refractivity contribution in [1.82, 2.24) is 14.9 Å². The highest BCUT2D eigenvalue weighted by atomic mass is 35.5. The van der Waals surface area contributed by atoms with Crippen LogP contribution >= 0.6 is 11.6 Å². The lowest BCUT2D eigenvalue weighted by atomic mass is 9.94. The van der Waals surface area contributed by atoms with Crippen LogP contribution in [-0.4, -0.2) is 28.0 Å². The predicted molar refractivity (Wildman–Crippen MR) is 121 cm³/mol. The smallest absolute Gasteiger partial charge is 0.0472 e. The fourth-order valence-electron chi connectivity index (χ4n) is 5.35. The number of hydrogen-bond acceptors (Lipinski definition) is 1. The summed E-state index contributed by atoms with van der Waals surface area (Å²) in [6, 6.07) is 13.6. The van der Waals surface area contributed by atoms with Crippen molar-refractivity contribution in [2.75, 3.05) is 13.1 Å². The van der Waals surface area contributed by atoms with E-state index in [0.717, 1.165) is 30.0 Å². The number of fused-ring (bicyclic) bond motifs is 3. The van der Waals surface area contributed by atoms with Gasteiger partial charge in [0.05, 0.1) is 0 Å². The van der Waals surface area contributed by atoms with Crippen LogP contribution in [0.5, 0.6) is 0 Å². The Bertz CT molecular complexity index is 1230. The zero-order valence-corrected chi connectivity index (χ0v) is 17.0. The average molecular weight is 402 g/mol. The Morgan fingerprint density at radius 1 is 1.00 bits per heavy atom. The molecule has 1 aliphatic heterocycles. The lowest BCUT2D eigenvalue weighted by Gasteiger charge is -2.35. The van der Waals surface area contributed by atoms with E-state index in [9.17, 15) is 0 Å². The quantitative estimate of drug-likeness (QED) is 0.386. The summed E-state index contributed by atoms with van der Waals surface area (Å²) in [5, 5.41) is 3.41. The molecule has 29 heavy (non-hydrogen) atoms. The van der Waals surface area contributed by atoms with Crippen molar-refractivity contribution in [3.8, 4) is 0 Å². The van der Waals surface area contributed by atoms with Crippen molar-refractivity contribution in [2.24, 2.45) is 0 Å². The van der Waals surface area contributed by atoms with Gasteiger partial charge in [-0.05, 0) is 77.6 Å². The third-order valence-electron chi connectivity index (χ3n) is 6.81. The summed E-state index contributed by atoms with van der Waals surface area (Å²) in [5.74, 6) is 0.603. The number of hydrogen-bond donors (Lipinski definition) is 2. The van der Waals surface area contributed by atoms with E-state index in [1.165, 1.54) is 40.3 Å². The number of nitrogens with zero attached hydrogens (tertiary/aromatic N) is 1. The third kappa shape index (κ3) is 2.92. The molecule has 2 aromatic heterocycles. The van der Waals surface area contributed by atoms with Crippen molar-refractivity contribution >= 4 is 33.4 Å². The van der Waals surface area contributed by atoms with Crippen LogP contribution < -0.4 is 0 Å². The largest absolute Gasteiger partial charge is 0.361 e. The Morgan fingerprint density at radius 3 is 2.93 bits per heavy atom. The predicted octanol–water partition coefficient (Wildman–Crippen LogP) is 6.34. The fourth-order valence-corrected chi connectivity index (χ4v) is 5.52. The zero-order chi connectivity index (χ0) is 19.4. The topological polar surface area (TPSA) is 34.8 Å². The van der Waals surface area contributed by atoms with Gasteiger partial charge in [-0.3, -0.25) is 4.90 Å². The van der Waals surface area contributed by atoms with Gasteiger partial charge in [0.2, 0.25) is 0 Å². The second kappa shape index (κ2) is 6.79. The molecule has 2 unspecified atom stereocenters. The van der Waals surface area contributed by atoms with Gasteiger partial charge in [-0.2, -0.15) is 0 Å². The Kier molecular flexibility index (Phi) is 4.07. The number of rotatable bonds is 3. The number of aromatic nitrogens is 2. The molecule has 0 saturated heterocycles. The molecule has 146 valence electrons. The minimum atomic E-state index is 0.410. The first-order chi connectivity index (χ1) is 14.3. The molecule has 0 bridgehead atoms. The van der Waals surface area contributed by atoms with E-state index in [1.807, 2.05) is 18.3 Å². The molecule has 3 heterocycles. The first-order valence-corrected chi connectivity index (χ1v) is 10.9. The van der Waals surface area contributed by atoms with Gasteiger partial charge in [-0.1, -0.05) is 29.8 Å². The maximum Gasteiger partial charge on any atom is 0.0472 e. The van der Waals surface area contributed by atoms with E-state index >= 15 is 0 Å². The van der Waals surface area contributed by atoms with E-state index in [4.69, 9.17) is 11.6 Å². The molecule has 0 radical (unpaired) electrons. The van der Waals surface area contributed by atoms with Gasteiger partial charge in [-0.15, -0.1) is 0 Å². The van der Waals surface area contributed by atoms with Crippen molar-refractivity contribution < 1.29 is 0 Å². The molecule has 0 spiro atoms. The van der Waals surface area contributed by atoms with Crippen LogP contribution in [0.25, 0.3) is 21.8 Å². The molecule has 3 nitrogen and oxygen atoms in total. The van der Waals surface area contributed by atoms with Gasteiger partial charge < -0.3 is 9.97 Å². The zero-order valence-electron chi connectivity index (χ0n) is 16.3. The van der Waals surface area contributed by atoms with Gasteiger partial charge in [0.1, 0.15) is 0 Å². The van der Waals surface area contributed by atoms with Crippen LogP contribution in [0.4, 0.5) is 0 Å². The highest BCUT2D eigenvalue weighted by Crippen LogP contribution is 2.40. The molecule has 1 aliphatic carbocycles. The summed E-state index contributed by atoms with van der Waals surface area (Å²) >= 11 is 6.19. The molecular formula is C25H24ClN3. The van der Waals surface area contributed by atoms with Crippen LogP contribution in [0, 0.1) is 0 Å². The van der Waals surface area contributed by atoms with Crippen LogP contribution in [0.2, 0.25) is 5.02 Å². The van der Waals surface area contributed by atoms with Gasteiger partial charge in [0, 0.05) is 53.0 Å². The average Bonchev–Trinajstić information content (AvgIpc) is 3.45. The number of benzene rings is 2. The number of H-pyrrole nitrogens is 2. The Morgan fingerprint density at radius 2 is 1.97 bits per heavy atom. The van der Waals surface area contributed by atoms with E-state index < -0.39 is 0 Å². The fraction of sp³-hybridized carbons (Fsp3) is 0.280. The molecule has 2 atom stereocenters. The molecule has 0 fully saturated rings. The summed E-state index contributed by atoms with van der Waals surface area (Å²) in [6.07, 6.45) is 12.4. The molecule has 0 saturated carbocycles. The van der Waals surface area contributed by atoms with Crippen molar-refractivity contribution in [1.29, 1.82) is 0 Å². The molecular weight excluding hydrogens is 378 g/mol. The first kappa shape index (κ1) is 17.4. The second-order valence-corrected chi connectivity index (χ2v) is 8.90. The molecule has 4 aromatic rings. The highest BCUT2D eigenvalue weighted by Gasteiger charge is 2.30. The lowest BCUT2D eigenvalue weighted by Crippen LogP contribution is -2.34. The van der Waals surface area contributed by atoms with Crippen LogP contribution in [0.1, 0.15) is 41.5 Å². The Labute approximate surface area is 175 Å². The van der Waals surface area contributed by atoms with Gasteiger partial charge in [0.15, 0.2) is 0 Å². The van der Waals surface area contributed by atoms with Crippen molar-refractivity contribution in [3.05, 3.63) is 82.7 Å². The van der Waals surface area contributed by atoms with Crippen LogP contribution in [-0.2, 0) is 6.42 Å². The molecule has 0 amide bonds. The molecule has 2 N–H and O–H groups in total. The van der Waals surface area contributed by atoms with Crippen molar-refractivity contribution in [3.63, 3.8) is 0 Å². The second-order valence-electron chi connectivity index (χ2n) is 8.46.